The molecule has 1 saturated carbocycles. The van der Waals surface area contributed by atoms with Gasteiger partial charge in [-0.2, -0.15) is 0 Å². The molecule has 2 heterocycles. The van der Waals surface area contributed by atoms with Crippen LogP contribution >= 0.6 is 0 Å². The summed E-state index contributed by atoms with van der Waals surface area (Å²) in [4.78, 5) is 16.5. The van der Waals surface area contributed by atoms with Crippen LogP contribution in [0.3, 0.4) is 0 Å². The summed E-state index contributed by atoms with van der Waals surface area (Å²) >= 11 is 0. The van der Waals surface area contributed by atoms with Crippen molar-refractivity contribution in [1.29, 1.82) is 0 Å². The van der Waals surface area contributed by atoms with Crippen LogP contribution in [-0.2, 0) is 4.79 Å². The van der Waals surface area contributed by atoms with Crippen LogP contribution in [0.4, 0.5) is 5.69 Å². The van der Waals surface area contributed by atoms with Crippen molar-refractivity contribution >= 4 is 11.6 Å². The Morgan fingerprint density at radius 1 is 1.55 bits per heavy atom. The van der Waals surface area contributed by atoms with Gasteiger partial charge in [-0.25, -0.2) is 4.98 Å². The maximum Gasteiger partial charge on any atom is 0.237 e. The minimum absolute atomic E-state index is 0.112. The second kappa shape index (κ2) is 5.40. The van der Waals surface area contributed by atoms with Crippen LogP contribution < -0.4 is 15.4 Å². The Hall–Kier alpha value is -1.62. The number of anilines is 1. The Bertz CT molecular complexity index is 498. The molecule has 1 unspecified atom stereocenters. The molecule has 1 aliphatic heterocycles. The lowest BCUT2D eigenvalue weighted by atomic mass is 9.92. The standard InChI is InChI=1S/C15H21N3O2/c1-2-20-14-12(4-3-7-17-14)18-13(19)11-10-15(11)5-8-16-9-6-15/h3-4,7,11,16H,2,5-6,8-10H2,1H3,(H,18,19). The summed E-state index contributed by atoms with van der Waals surface area (Å²) in [6, 6.07) is 3.65. The van der Waals surface area contributed by atoms with Gasteiger partial charge in [-0.05, 0) is 56.8 Å². The summed E-state index contributed by atoms with van der Waals surface area (Å²) in [6.07, 6.45) is 4.91. The molecular formula is C15H21N3O2. The summed E-state index contributed by atoms with van der Waals surface area (Å²) in [6.45, 7) is 4.51. The molecule has 2 fully saturated rings. The van der Waals surface area contributed by atoms with Crippen molar-refractivity contribution in [2.45, 2.75) is 26.2 Å². The molecule has 1 amide bonds. The number of hydrogen-bond donors (Lipinski definition) is 2. The molecule has 20 heavy (non-hydrogen) atoms. The van der Waals surface area contributed by atoms with E-state index in [9.17, 15) is 4.79 Å². The molecule has 1 aliphatic carbocycles. The number of aromatic nitrogens is 1. The summed E-state index contributed by atoms with van der Waals surface area (Å²) in [5, 5.41) is 6.34. The van der Waals surface area contributed by atoms with E-state index in [2.05, 4.69) is 15.6 Å². The van der Waals surface area contributed by atoms with Gasteiger partial charge in [0.1, 0.15) is 5.69 Å². The average Bonchev–Trinajstić information content (AvgIpc) is 3.15. The van der Waals surface area contributed by atoms with E-state index in [4.69, 9.17) is 4.74 Å². The van der Waals surface area contributed by atoms with Crippen LogP contribution in [0.25, 0.3) is 0 Å². The second-order valence-corrected chi connectivity index (χ2v) is 5.65. The third kappa shape index (κ3) is 2.50. The first-order valence-corrected chi connectivity index (χ1v) is 7.34. The quantitative estimate of drug-likeness (QED) is 0.879. The number of amides is 1. The predicted octanol–water partition coefficient (Wildman–Crippen LogP) is 1.81. The Morgan fingerprint density at radius 3 is 3.10 bits per heavy atom. The molecule has 2 N–H and O–H groups in total. The number of rotatable bonds is 4. The van der Waals surface area contributed by atoms with Gasteiger partial charge in [0.05, 0.1) is 6.61 Å². The fourth-order valence-corrected chi connectivity index (χ4v) is 3.15. The highest BCUT2D eigenvalue weighted by Gasteiger charge is 2.57. The fourth-order valence-electron chi connectivity index (χ4n) is 3.15. The second-order valence-electron chi connectivity index (χ2n) is 5.65. The molecule has 1 aromatic rings. The monoisotopic (exact) mass is 275 g/mol. The average molecular weight is 275 g/mol. The molecule has 1 atom stereocenters. The molecule has 2 aliphatic rings. The zero-order valence-corrected chi connectivity index (χ0v) is 11.8. The van der Waals surface area contributed by atoms with Crippen LogP contribution in [0.5, 0.6) is 5.88 Å². The highest BCUT2D eigenvalue weighted by atomic mass is 16.5. The number of carbonyl (C=O) groups is 1. The summed E-state index contributed by atoms with van der Waals surface area (Å²) < 4.78 is 5.44. The predicted molar refractivity (Wildman–Crippen MR) is 76.7 cm³/mol. The van der Waals surface area contributed by atoms with Gasteiger partial charge in [0.2, 0.25) is 11.8 Å². The van der Waals surface area contributed by atoms with Crippen LogP contribution in [0, 0.1) is 11.3 Å². The van der Waals surface area contributed by atoms with Gasteiger partial charge in [-0.1, -0.05) is 0 Å². The summed E-state index contributed by atoms with van der Waals surface area (Å²) in [5.74, 6) is 0.767. The lowest BCUT2D eigenvalue weighted by molar-refractivity contribution is -0.118. The number of carbonyl (C=O) groups excluding carboxylic acids is 1. The van der Waals surface area contributed by atoms with Gasteiger partial charge >= 0.3 is 0 Å². The maximum absolute atomic E-state index is 12.4. The van der Waals surface area contributed by atoms with Crippen molar-refractivity contribution in [1.82, 2.24) is 10.3 Å². The van der Waals surface area contributed by atoms with Crippen molar-refractivity contribution in [3.05, 3.63) is 18.3 Å². The van der Waals surface area contributed by atoms with Gasteiger partial charge in [0.25, 0.3) is 0 Å². The number of nitrogens with zero attached hydrogens (tertiary/aromatic N) is 1. The third-order valence-corrected chi connectivity index (χ3v) is 4.42. The van der Waals surface area contributed by atoms with Gasteiger partial charge in [0.15, 0.2) is 0 Å². The SMILES string of the molecule is CCOc1ncccc1NC(=O)C1CC12CCNCC2. The highest BCUT2D eigenvalue weighted by Crippen LogP contribution is 2.58. The highest BCUT2D eigenvalue weighted by molar-refractivity contribution is 5.96. The van der Waals surface area contributed by atoms with Crippen LogP contribution in [0.15, 0.2) is 18.3 Å². The van der Waals surface area contributed by atoms with E-state index in [1.165, 1.54) is 0 Å². The molecule has 5 nitrogen and oxygen atoms in total. The molecule has 1 spiro atoms. The normalized spacial score (nSPS) is 23.4. The Morgan fingerprint density at radius 2 is 2.35 bits per heavy atom. The molecule has 108 valence electrons. The van der Waals surface area contributed by atoms with Crippen molar-refractivity contribution in [2.75, 3.05) is 25.0 Å². The Balaban J connectivity index is 1.65. The fraction of sp³-hybridized carbons (Fsp3) is 0.600. The van der Waals surface area contributed by atoms with E-state index in [-0.39, 0.29) is 17.2 Å². The van der Waals surface area contributed by atoms with Gasteiger partial charge in [-0.3, -0.25) is 4.79 Å². The molecular weight excluding hydrogens is 254 g/mol. The lowest BCUT2D eigenvalue weighted by Gasteiger charge is -2.23. The largest absolute Gasteiger partial charge is 0.476 e. The molecule has 3 rings (SSSR count). The first kappa shape index (κ1) is 13.4. The van der Waals surface area contributed by atoms with E-state index >= 15 is 0 Å². The van der Waals surface area contributed by atoms with Crippen molar-refractivity contribution < 1.29 is 9.53 Å². The smallest absolute Gasteiger partial charge is 0.237 e. The van der Waals surface area contributed by atoms with Crippen LogP contribution in [0.1, 0.15) is 26.2 Å². The van der Waals surface area contributed by atoms with Gasteiger partial charge in [0, 0.05) is 12.1 Å². The number of ether oxygens (including phenoxy) is 1. The number of pyridine rings is 1. The van der Waals surface area contributed by atoms with E-state index in [1.54, 1.807) is 6.20 Å². The van der Waals surface area contributed by atoms with Crippen LogP contribution in [0.2, 0.25) is 0 Å². The minimum Gasteiger partial charge on any atom is -0.476 e. The number of hydrogen-bond acceptors (Lipinski definition) is 4. The lowest BCUT2D eigenvalue weighted by Crippen LogP contribution is -2.31. The van der Waals surface area contributed by atoms with Crippen molar-refractivity contribution in [2.24, 2.45) is 11.3 Å². The molecule has 1 saturated heterocycles. The number of piperidine rings is 1. The van der Waals surface area contributed by atoms with E-state index in [0.717, 1.165) is 32.4 Å². The van der Waals surface area contributed by atoms with E-state index in [0.29, 0.717) is 18.2 Å². The third-order valence-electron chi connectivity index (χ3n) is 4.42. The molecule has 0 bridgehead atoms. The van der Waals surface area contributed by atoms with Crippen molar-refractivity contribution in [3.63, 3.8) is 0 Å². The minimum atomic E-state index is 0.112. The number of nitrogens with one attached hydrogen (secondary N) is 2. The summed E-state index contributed by atoms with van der Waals surface area (Å²) in [5.41, 5.74) is 0.930. The summed E-state index contributed by atoms with van der Waals surface area (Å²) in [7, 11) is 0. The maximum atomic E-state index is 12.4. The Labute approximate surface area is 119 Å². The van der Waals surface area contributed by atoms with Crippen LogP contribution in [-0.4, -0.2) is 30.6 Å². The van der Waals surface area contributed by atoms with E-state index in [1.807, 2.05) is 19.1 Å². The van der Waals surface area contributed by atoms with Crippen molar-refractivity contribution in [3.8, 4) is 5.88 Å². The first-order chi connectivity index (χ1) is 9.75. The zero-order chi connectivity index (χ0) is 14.0. The van der Waals surface area contributed by atoms with E-state index < -0.39 is 0 Å². The topological polar surface area (TPSA) is 63.2 Å². The molecule has 0 radical (unpaired) electrons. The molecule has 0 aromatic carbocycles. The van der Waals surface area contributed by atoms with Gasteiger partial charge < -0.3 is 15.4 Å². The first-order valence-electron chi connectivity index (χ1n) is 7.34. The molecule has 1 aromatic heterocycles. The Kier molecular flexibility index (Phi) is 3.61. The molecule has 5 heteroatoms. The van der Waals surface area contributed by atoms with Gasteiger partial charge in [-0.15, -0.1) is 0 Å². The zero-order valence-electron chi connectivity index (χ0n) is 11.8.